The van der Waals surface area contributed by atoms with Crippen LogP contribution in [0.25, 0.3) is 10.9 Å². The van der Waals surface area contributed by atoms with E-state index in [1.54, 1.807) is 6.07 Å². The molecule has 0 bridgehead atoms. The van der Waals surface area contributed by atoms with Crippen LogP contribution in [0.2, 0.25) is 0 Å². The monoisotopic (exact) mass is 282 g/mol. The Balaban J connectivity index is 1.92. The fourth-order valence-corrected chi connectivity index (χ4v) is 1.95. The fourth-order valence-electron chi connectivity index (χ4n) is 1.95. The van der Waals surface area contributed by atoms with Crippen LogP contribution in [0, 0.1) is 5.82 Å². The highest BCUT2D eigenvalue weighted by Gasteiger charge is 2.11. The van der Waals surface area contributed by atoms with Gasteiger partial charge in [-0.15, -0.1) is 0 Å². The molecule has 21 heavy (non-hydrogen) atoms. The number of nitrogens with one attached hydrogen (secondary N) is 1. The lowest BCUT2D eigenvalue weighted by Gasteiger charge is -2.07. The molecule has 3 aromatic rings. The van der Waals surface area contributed by atoms with Gasteiger partial charge >= 0.3 is 0 Å². The maximum Gasteiger partial charge on any atom is 0.275 e. The maximum absolute atomic E-state index is 12.8. The molecule has 0 aliphatic carbocycles. The van der Waals surface area contributed by atoms with Gasteiger partial charge in [-0.05, 0) is 24.3 Å². The zero-order valence-corrected chi connectivity index (χ0v) is 10.9. The van der Waals surface area contributed by atoms with Crippen LogP contribution in [0.3, 0.4) is 0 Å². The molecular formula is C15H11FN4O. The Hall–Kier alpha value is -3.02. The smallest absolute Gasteiger partial charge is 0.275 e. The summed E-state index contributed by atoms with van der Waals surface area (Å²) in [6.07, 6.45) is 1.03. The van der Waals surface area contributed by atoms with Crippen LogP contribution in [-0.4, -0.2) is 15.9 Å². The Morgan fingerprint density at radius 2 is 2.00 bits per heavy atom. The summed E-state index contributed by atoms with van der Waals surface area (Å²) in [6.45, 7) is 0. The van der Waals surface area contributed by atoms with Crippen LogP contribution in [0.4, 0.5) is 15.9 Å². The Morgan fingerprint density at radius 1 is 1.19 bits per heavy atom. The third kappa shape index (κ3) is 2.64. The first-order valence-electron chi connectivity index (χ1n) is 6.21. The van der Waals surface area contributed by atoms with Crippen molar-refractivity contribution in [3.05, 3.63) is 60.2 Å². The van der Waals surface area contributed by atoms with E-state index in [1.165, 1.54) is 18.2 Å². The lowest BCUT2D eigenvalue weighted by atomic mass is 10.1. The van der Waals surface area contributed by atoms with Gasteiger partial charge in [0.05, 0.1) is 11.7 Å². The number of pyridine rings is 2. The minimum atomic E-state index is -0.471. The first-order valence-corrected chi connectivity index (χ1v) is 6.21. The van der Waals surface area contributed by atoms with Crippen LogP contribution >= 0.6 is 0 Å². The standard InChI is InChI=1S/C15H11FN4O/c16-9-5-6-14(18-8-9)20-15(21)13-7-11(17)10-3-1-2-4-12(10)19-13/h1-8H,(H2,17,19)(H,18,20,21). The zero-order valence-electron chi connectivity index (χ0n) is 10.9. The number of anilines is 2. The average Bonchev–Trinajstić information content (AvgIpc) is 2.49. The molecule has 0 saturated carbocycles. The van der Waals surface area contributed by atoms with Gasteiger partial charge < -0.3 is 11.1 Å². The summed E-state index contributed by atoms with van der Waals surface area (Å²) in [7, 11) is 0. The number of hydrogen-bond donors (Lipinski definition) is 2. The van der Waals surface area contributed by atoms with Crippen LogP contribution in [0.5, 0.6) is 0 Å². The molecule has 5 nitrogen and oxygen atoms in total. The van der Waals surface area contributed by atoms with Gasteiger partial charge in [-0.3, -0.25) is 4.79 Å². The van der Waals surface area contributed by atoms with E-state index in [9.17, 15) is 9.18 Å². The third-order valence-corrected chi connectivity index (χ3v) is 2.95. The normalized spacial score (nSPS) is 10.5. The molecule has 104 valence electrons. The number of benzene rings is 1. The van der Waals surface area contributed by atoms with E-state index in [4.69, 9.17) is 5.73 Å². The third-order valence-electron chi connectivity index (χ3n) is 2.95. The van der Waals surface area contributed by atoms with Crippen molar-refractivity contribution in [2.45, 2.75) is 0 Å². The minimum absolute atomic E-state index is 0.178. The summed E-state index contributed by atoms with van der Waals surface area (Å²) in [5, 5.41) is 3.33. The molecule has 0 spiro atoms. The van der Waals surface area contributed by atoms with E-state index >= 15 is 0 Å². The quantitative estimate of drug-likeness (QED) is 0.757. The molecular weight excluding hydrogens is 271 g/mol. The lowest BCUT2D eigenvalue weighted by molar-refractivity contribution is 0.102. The van der Waals surface area contributed by atoms with Crippen LogP contribution in [-0.2, 0) is 0 Å². The number of hydrogen-bond acceptors (Lipinski definition) is 4. The number of para-hydroxylation sites is 1. The predicted octanol–water partition coefficient (Wildman–Crippen LogP) is 2.60. The van der Waals surface area contributed by atoms with E-state index in [0.717, 1.165) is 11.6 Å². The highest BCUT2D eigenvalue weighted by Crippen LogP contribution is 2.20. The summed E-state index contributed by atoms with van der Waals surface area (Å²) in [4.78, 5) is 20.2. The molecule has 3 N–H and O–H groups in total. The maximum atomic E-state index is 12.8. The number of carbonyl (C=O) groups is 1. The molecule has 0 saturated heterocycles. The van der Waals surface area contributed by atoms with Crippen molar-refractivity contribution in [2.24, 2.45) is 0 Å². The van der Waals surface area contributed by atoms with E-state index in [2.05, 4.69) is 15.3 Å². The number of fused-ring (bicyclic) bond motifs is 1. The van der Waals surface area contributed by atoms with Crippen molar-refractivity contribution >= 4 is 28.3 Å². The largest absolute Gasteiger partial charge is 0.398 e. The second kappa shape index (κ2) is 5.16. The molecule has 0 radical (unpaired) electrons. The predicted molar refractivity (Wildman–Crippen MR) is 78.3 cm³/mol. The number of nitrogens with zero attached hydrogens (tertiary/aromatic N) is 2. The number of nitrogen functional groups attached to an aromatic ring is 1. The number of halogens is 1. The highest BCUT2D eigenvalue weighted by molar-refractivity contribution is 6.05. The van der Waals surface area contributed by atoms with Gasteiger partial charge in [0, 0.05) is 11.1 Å². The highest BCUT2D eigenvalue weighted by atomic mass is 19.1. The molecule has 0 aliphatic rings. The summed E-state index contributed by atoms with van der Waals surface area (Å²) < 4.78 is 12.8. The minimum Gasteiger partial charge on any atom is -0.398 e. The molecule has 1 amide bonds. The Kier molecular flexibility index (Phi) is 3.19. The summed E-state index contributed by atoms with van der Waals surface area (Å²) in [5.41, 5.74) is 7.21. The molecule has 0 aliphatic heterocycles. The topological polar surface area (TPSA) is 80.9 Å². The Labute approximate surface area is 119 Å². The first-order chi connectivity index (χ1) is 10.1. The summed E-state index contributed by atoms with van der Waals surface area (Å²) >= 11 is 0. The van der Waals surface area contributed by atoms with Crippen molar-refractivity contribution in [3.63, 3.8) is 0 Å². The Morgan fingerprint density at radius 3 is 2.76 bits per heavy atom. The van der Waals surface area contributed by atoms with Crippen LogP contribution < -0.4 is 11.1 Å². The summed E-state index contributed by atoms with van der Waals surface area (Å²) in [5.74, 6) is -0.678. The van der Waals surface area contributed by atoms with E-state index in [1.807, 2.05) is 18.2 Å². The van der Waals surface area contributed by atoms with Crippen molar-refractivity contribution < 1.29 is 9.18 Å². The van der Waals surface area contributed by atoms with Crippen molar-refractivity contribution in [1.29, 1.82) is 0 Å². The van der Waals surface area contributed by atoms with Gasteiger partial charge in [0.2, 0.25) is 0 Å². The number of amides is 1. The summed E-state index contributed by atoms with van der Waals surface area (Å²) in [6, 6.07) is 11.4. The van der Waals surface area contributed by atoms with Crippen LogP contribution in [0.15, 0.2) is 48.7 Å². The van der Waals surface area contributed by atoms with Crippen molar-refractivity contribution in [1.82, 2.24) is 9.97 Å². The van der Waals surface area contributed by atoms with Gasteiger partial charge in [-0.2, -0.15) is 0 Å². The molecule has 3 rings (SSSR count). The van der Waals surface area contributed by atoms with Gasteiger partial charge in [-0.25, -0.2) is 14.4 Å². The molecule has 1 aromatic carbocycles. The van der Waals surface area contributed by atoms with Crippen molar-refractivity contribution in [3.8, 4) is 0 Å². The Bertz CT molecular complexity index is 818. The van der Waals surface area contributed by atoms with Crippen molar-refractivity contribution in [2.75, 3.05) is 11.1 Å². The second-order valence-electron chi connectivity index (χ2n) is 4.43. The molecule has 0 atom stereocenters. The zero-order chi connectivity index (χ0) is 14.8. The lowest BCUT2D eigenvalue weighted by Crippen LogP contribution is -2.15. The molecule has 2 heterocycles. The van der Waals surface area contributed by atoms with Gasteiger partial charge in [0.1, 0.15) is 17.3 Å². The number of nitrogens with two attached hydrogens (primary N) is 1. The van der Waals surface area contributed by atoms with Gasteiger partial charge in [0.15, 0.2) is 0 Å². The first kappa shape index (κ1) is 13.0. The molecule has 6 heteroatoms. The molecule has 0 unspecified atom stereocenters. The molecule has 0 fully saturated rings. The number of aromatic nitrogens is 2. The van der Waals surface area contributed by atoms with E-state index in [-0.39, 0.29) is 11.5 Å². The van der Waals surface area contributed by atoms with Gasteiger partial charge in [-0.1, -0.05) is 18.2 Å². The fraction of sp³-hybridized carbons (Fsp3) is 0. The second-order valence-corrected chi connectivity index (χ2v) is 4.43. The average molecular weight is 282 g/mol. The number of rotatable bonds is 2. The SMILES string of the molecule is Nc1cc(C(=O)Nc2ccc(F)cn2)nc2ccccc12. The van der Waals surface area contributed by atoms with E-state index in [0.29, 0.717) is 11.2 Å². The van der Waals surface area contributed by atoms with E-state index < -0.39 is 11.7 Å². The molecule has 2 aromatic heterocycles. The van der Waals surface area contributed by atoms with Gasteiger partial charge in [0.25, 0.3) is 5.91 Å². The van der Waals surface area contributed by atoms with Crippen LogP contribution in [0.1, 0.15) is 10.5 Å². The number of carbonyl (C=O) groups excluding carboxylic acids is 1.